The summed E-state index contributed by atoms with van der Waals surface area (Å²) in [6.45, 7) is 2.67. The summed E-state index contributed by atoms with van der Waals surface area (Å²) in [6, 6.07) is 5.26. The Bertz CT molecular complexity index is 587. The molecule has 2 aliphatic rings. The first-order valence-corrected chi connectivity index (χ1v) is 7.05. The van der Waals surface area contributed by atoms with Crippen molar-refractivity contribution < 1.29 is 19.4 Å². The van der Waals surface area contributed by atoms with E-state index in [9.17, 15) is 14.7 Å². The van der Waals surface area contributed by atoms with Crippen molar-refractivity contribution in [1.29, 1.82) is 0 Å². The number of benzene rings is 1. The molecular weight excluding hydrogens is 272 g/mol. The Morgan fingerprint density at radius 3 is 3.05 bits per heavy atom. The van der Waals surface area contributed by atoms with E-state index in [4.69, 9.17) is 4.74 Å². The molecule has 3 rings (SSSR count). The molecule has 1 aromatic rings. The Balaban J connectivity index is 1.79. The third-order valence-electron chi connectivity index (χ3n) is 3.79. The van der Waals surface area contributed by atoms with Crippen LogP contribution < -0.4 is 5.32 Å². The average molecular weight is 290 g/mol. The van der Waals surface area contributed by atoms with Crippen LogP contribution in [0.3, 0.4) is 0 Å². The number of fused-ring (bicyclic) bond motifs is 1. The SMILES string of the molecule is CC1CN(C(=O)c2ccc3c(c2)CC(=O)N3)CC(CO)O1. The summed E-state index contributed by atoms with van der Waals surface area (Å²) in [7, 11) is 0. The summed E-state index contributed by atoms with van der Waals surface area (Å²) in [5, 5.41) is 12.0. The first kappa shape index (κ1) is 14.0. The van der Waals surface area contributed by atoms with Gasteiger partial charge < -0.3 is 20.1 Å². The third kappa shape index (κ3) is 2.77. The highest BCUT2D eigenvalue weighted by atomic mass is 16.5. The van der Waals surface area contributed by atoms with Gasteiger partial charge in [0, 0.05) is 24.3 Å². The van der Waals surface area contributed by atoms with Crippen molar-refractivity contribution in [1.82, 2.24) is 4.90 Å². The van der Waals surface area contributed by atoms with Crippen LogP contribution in [0.25, 0.3) is 0 Å². The molecule has 6 nitrogen and oxygen atoms in total. The standard InChI is InChI=1S/C15H18N2O4/c1-9-6-17(7-12(8-18)21-9)15(20)10-2-3-13-11(4-10)5-14(19)16-13/h2-4,9,12,18H,5-8H2,1H3,(H,16,19). The zero-order valence-electron chi connectivity index (χ0n) is 11.8. The fourth-order valence-electron chi connectivity index (χ4n) is 2.86. The normalized spacial score (nSPS) is 24.7. The molecule has 0 radical (unpaired) electrons. The molecule has 1 saturated heterocycles. The number of amides is 2. The van der Waals surface area contributed by atoms with Crippen LogP contribution in [0.1, 0.15) is 22.8 Å². The van der Waals surface area contributed by atoms with Gasteiger partial charge in [0.1, 0.15) is 0 Å². The first-order valence-electron chi connectivity index (χ1n) is 7.05. The molecule has 0 aromatic heterocycles. The van der Waals surface area contributed by atoms with E-state index in [1.807, 2.05) is 6.92 Å². The Labute approximate surface area is 122 Å². The van der Waals surface area contributed by atoms with E-state index in [1.54, 1.807) is 23.1 Å². The molecule has 0 spiro atoms. The van der Waals surface area contributed by atoms with Crippen LogP contribution in [0.5, 0.6) is 0 Å². The van der Waals surface area contributed by atoms with Gasteiger partial charge >= 0.3 is 0 Å². The monoisotopic (exact) mass is 290 g/mol. The molecule has 2 unspecified atom stereocenters. The van der Waals surface area contributed by atoms with Crippen LogP contribution in [-0.2, 0) is 16.0 Å². The molecule has 2 aliphatic heterocycles. The number of ether oxygens (including phenoxy) is 1. The Hall–Kier alpha value is -1.92. The minimum absolute atomic E-state index is 0.0464. The predicted octanol–water partition coefficient (Wildman–Crippen LogP) is 0.403. The molecule has 0 aliphatic carbocycles. The number of rotatable bonds is 2. The largest absolute Gasteiger partial charge is 0.394 e. The maximum absolute atomic E-state index is 12.6. The molecule has 2 N–H and O–H groups in total. The first-order chi connectivity index (χ1) is 10.1. The summed E-state index contributed by atoms with van der Waals surface area (Å²) in [5.41, 5.74) is 2.20. The smallest absolute Gasteiger partial charge is 0.254 e. The Kier molecular flexibility index (Phi) is 3.65. The van der Waals surface area contributed by atoms with E-state index in [0.717, 1.165) is 11.3 Å². The average Bonchev–Trinajstić information content (AvgIpc) is 2.84. The van der Waals surface area contributed by atoms with Crippen molar-refractivity contribution in [2.45, 2.75) is 25.6 Å². The van der Waals surface area contributed by atoms with Crippen LogP contribution in [-0.4, -0.2) is 53.7 Å². The van der Waals surface area contributed by atoms with Crippen molar-refractivity contribution in [2.24, 2.45) is 0 Å². The van der Waals surface area contributed by atoms with Gasteiger partial charge in [-0.05, 0) is 30.7 Å². The van der Waals surface area contributed by atoms with E-state index in [2.05, 4.69) is 5.32 Å². The molecule has 0 saturated carbocycles. The third-order valence-corrected chi connectivity index (χ3v) is 3.79. The predicted molar refractivity (Wildman–Crippen MR) is 76.1 cm³/mol. The highest BCUT2D eigenvalue weighted by Gasteiger charge is 2.29. The minimum atomic E-state index is -0.338. The number of carbonyl (C=O) groups is 2. The molecule has 2 atom stereocenters. The Morgan fingerprint density at radius 1 is 1.48 bits per heavy atom. The molecule has 6 heteroatoms. The van der Waals surface area contributed by atoms with Gasteiger partial charge in [-0.15, -0.1) is 0 Å². The summed E-state index contributed by atoms with van der Waals surface area (Å²) < 4.78 is 5.54. The zero-order chi connectivity index (χ0) is 15.0. The number of nitrogens with zero attached hydrogens (tertiary/aromatic N) is 1. The van der Waals surface area contributed by atoms with Gasteiger partial charge in [-0.2, -0.15) is 0 Å². The number of morpholine rings is 1. The molecule has 1 aromatic carbocycles. The quantitative estimate of drug-likeness (QED) is 0.826. The van der Waals surface area contributed by atoms with Crippen LogP contribution in [0, 0.1) is 0 Å². The van der Waals surface area contributed by atoms with Gasteiger partial charge in [0.15, 0.2) is 0 Å². The van der Waals surface area contributed by atoms with E-state index >= 15 is 0 Å². The van der Waals surface area contributed by atoms with Crippen LogP contribution >= 0.6 is 0 Å². The topological polar surface area (TPSA) is 78.9 Å². The maximum Gasteiger partial charge on any atom is 0.254 e. The van der Waals surface area contributed by atoms with Crippen molar-refractivity contribution >= 4 is 17.5 Å². The van der Waals surface area contributed by atoms with Crippen LogP contribution in [0.2, 0.25) is 0 Å². The van der Waals surface area contributed by atoms with Gasteiger partial charge in [0.25, 0.3) is 5.91 Å². The number of hydrogen-bond donors (Lipinski definition) is 2. The molecular formula is C15H18N2O4. The second-order valence-electron chi connectivity index (χ2n) is 5.56. The molecule has 1 fully saturated rings. The molecule has 0 bridgehead atoms. The molecule has 2 heterocycles. The number of carbonyl (C=O) groups excluding carboxylic acids is 2. The lowest BCUT2D eigenvalue weighted by Gasteiger charge is -2.36. The number of aliphatic hydroxyl groups excluding tert-OH is 1. The van der Waals surface area contributed by atoms with E-state index in [1.165, 1.54) is 0 Å². The maximum atomic E-state index is 12.6. The van der Waals surface area contributed by atoms with Crippen molar-refractivity contribution in [2.75, 3.05) is 25.0 Å². The fraction of sp³-hybridized carbons (Fsp3) is 0.467. The molecule has 2 amide bonds. The van der Waals surface area contributed by atoms with Gasteiger partial charge in [-0.25, -0.2) is 0 Å². The van der Waals surface area contributed by atoms with Crippen LogP contribution in [0.4, 0.5) is 5.69 Å². The second-order valence-corrected chi connectivity index (χ2v) is 5.56. The van der Waals surface area contributed by atoms with Gasteiger partial charge in [0.2, 0.25) is 5.91 Å². The van der Waals surface area contributed by atoms with E-state index in [0.29, 0.717) is 25.1 Å². The minimum Gasteiger partial charge on any atom is -0.394 e. The van der Waals surface area contributed by atoms with Crippen molar-refractivity contribution in [3.05, 3.63) is 29.3 Å². The highest BCUT2D eigenvalue weighted by molar-refractivity contribution is 6.01. The fourth-order valence-corrected chi connectivity index (χ4v) is 2.86. The molecule has 112 valence electrons. The highest BCUT2D eigenvalue weighted by Crippen LogP contribution is 2.25. The lowest BCUT2D eigenvalue weighted by atomic mass is 10.1. The summed E-state index contributed by atoms with van der Waals surface area (Å²) in [5.74, 6) is -0.138. The Morgan fingerprint density at radius 2 is 2.29 bits per heavy atom. The summed E-state index contributed by atoms with van der Waals surface area (Å²) in [6.07, 6.45) is -0.122. The number of nitrogens with one attached hydrogen (secondary N) is 1. The number of aliphatic hydroxyl groups is 1. The lowest BCUT2D eigenvalue weighted by Crippen LogP contribution is -2.50. The summed E-state index contributed by atoms with van der Waals surface area (Å²) >= 11 is 0. The van der Waals surface area contributed by atoms with Crippen molar-refractivity contribution in [3.63, 3.8) is 0 Å². The van der Waals surface area contributed by atoms with Crippen molar-refractivity contribution in [3.8, 4) is 0 Å². The van der Waals surface area contributed by atoms with Gasteiger partial charge in [-0.1, -0.05) is 0 Å². The van der Waals surface area contributed by atoms with E-state index in [-0.39, 0.29) is 30.6 Å². The zero-order valence-corrected chi connectivity index (χ0v) is 11.8. The number of hydrogen-bond acceptors (Lipinski definition) is 4. The van der Waals surface area contributed by atoms with Gasteiger partial charge in [-0.3, -0.25) is 9.59 Å². The second kappa shape index (κ2) is 5.46. The lowest BCUT2D eigenvalue weighted by molar-refractivity contribution is -0.115. The van der Waals surface area contributed by atoms with Crippen LogP contribution in [0.15, 0.2) is 18.2 Å². The summed E-state index contributed by atoms with van der Waals surface area (Å²) in [4.78, 5) is 25.6. The van der Waals surface area contributed by atoms with Gasteiger partial charge in [0.05, 0.1) is 25.2 Å². The van der Waals surface area contributed by atoms with E-state index < -0.39 is 0 Å². The number of anilines is 1. The molecule has 21 heavy (non-hydrogen) atoms.